The summed E-state index contributed by atoms with van der Waals surface area (Å²) in [6, 6.07) is 9.31. The number of esters is 1. The van der Waals surface area contributed by atoms with Crippen molar-refractivity contribution in [1.29, 1.82) is 5.26 Å². The van der Waals surface area contributed by atoms with E-state index in [0.29, 0.717) is 4.99 Å². The normalized spacial score (nSPS) is 28.1. The average molecular weight is 571 g/mol. The number of nitrogens with zero attached hydrogens (tertiary/aromatic N) is 2. The highest BCUT2D eigenvalue weighted by atomic mass is 32.1. The Balaban J connectivity index is 1.77. The summed E-state index contributed by atoms with van der Waals surface area (Å²) >= 11 is 9.70. The lowest BCUT2D eigenvalue weighted by Gasteiger charge is -2.38. The molecule has 0 radical (unpaired) electrons. The molecule has 3 unspecified atom stereocenters. The van der Waals surface area contributed by atoms with E-state index in [4.69, 9.17) is 30.7 Å². The van der Waals surface area contributed by atoms with E-state index in [0.717, 1.165) is 5.57 Å². The van der Waals surface area contributed by atoms with Gasteiger partial charge in [-0.15, -0.1) is 12.6 Å². The largest absolute Gasteiger partial charge is 0.462 e. The van der Waals surface area contributed by atoms with Gasteiger partial charge in [0, 0.05) is 6.20 Å². The maximum Gasteiger partial charge on any atom is 0.459 e. The highest BCUT2D eigenvalue weighted by Gasteiger charge is 2.49. The number of nitrogens with one attached hydrogen (secondary N) is 2. The summed E-state index contributed by atoms with van der Waals surface area (Å²) in [5, 5.41) is 26.2. The fourth-order valence-electron chi connectivity index (χ4n) is 3.65. The van der Waals surface area contributed by atoms with E-state index in [1.54, 1.807) is 62.2 Å². The molecule has 202 valence electrons. The Labute approximate surface area is 227 Å². The molecule has 0 saturated carbocycles. The van der Waals surface area contributed by atoms with Crippen LogP contribution in [-0.4, -0.2) is 63.7 Å². The zero-order chi connectivity index (χ0) is 27.3. The van der Waals surface area contributed by atoms with Gasteiger partial charge < -0.3 is 29.3 Å². The first-order chi connectivity index (χ1) is 17.4. The van der Waals surface area contributed by atoms with Crippen molar-refractivity contribution in [2.75, 3.05) is 6.61 Å². The van der Waals surface area contributed by atoms with Gasteiger partial charge in [0.05, 0.1) is 18.8 Å². The van der Waals surface area contributed by atoms with E-state index >= 15 is 0 Å². The van der Waals surface area contributed by atoms with Gasteiger partial charge in [-0.2, -0.15) is 10.3 Å². The third-order valence-corrected chi connectivity index (χ3v) is 7.97. The Morgan fingerprint density at radius 3 is 2.68 bits per heavy atom. The number of thiocarbonyl (C=S) groups is 1. The number of rotatable bonds is 10. The Bertz CT molecular complexity index is 1100. The van der Waals surface area contributed by atoms with Gasteiger partial charge in [0.2, 0.25) is 0 Å². The molecule has 0 amide bonds. The average Bonchev–Trinajstić information content (AvgIpc) is 3.15. The van der Waals surface area contributed by atoms with Crippen LogP contribution in [0.2, 0.25) is 0 Å². The maximum atomic E-state index is 13.7. The molecule has 14 heteroatoms. The van der Waals surface area contributed by atoms with Crippen molar-refractivity contribution in [3.05, 3.63) is 42.1 Å². The lowest BCUT2D eigenvalue weighted by Crippen LogP contribution is -2.52. The van der Waals surface area contributed by atoms with E-state index in [1.807, 2.05) is 0 Å². The van der Waals surface area contributed by atoms with E-state index in [2.05, 4.69) is 29.1 Å². The molecule has 3 rings (SSSR count). The van der Waals surface area contributed by atoms with Crippen LogP contribution in [0.1, 0.15) is 27.7 Å². The van der Waals surface area contributed by atoms with Crippen LogP contribution < -0.4 is 14.9 Å². The van der Waals surface area contributed by atoms with Gasteiger partial charge in [-0.1, -0.05) is 30.4 Å². The van der Waals surface area contributed by atoms with Gasteiger partial charge in [0.1, 0.15) is 40.4 Å². The second-order valence-corrected chi connectivity index (χ2v) is 11.4. The second-order valence-electron chi connectivity index (χ2n) is 8.85. The van der Waals surface area contributed by atoms with Crippen LogP contribution in [0, 0.1) is 17.2 Å². The number of benzene rings is 1. The number of carbonyl (C=O) groups excluding carboxylic acids is 1. The molecule has 1 saturated heterocycles. The number of hydrogen-bond donors (Lipinski definition) is 4. The molecule has 0 aliphatic carbocycles. The van der Waals surface area contributed by atoms with Gasteiger partial charge in [0.15, 0.2) is 6.23 Å². The number of nitriles is 1. The number of carbonyl (C=O) groups is 1. The third-order valence-electron chi connectivity index (χ3n) is 5.49. The van der Waals surface area contributed by atoms with Crippen LogP contribution in [0.4, 0.5) is 0 Å². The van der Waals surface area contributed by atoms with E-state index in [9.17, 15) is 19.7 Å². The first kappa shape index (κ1) is 29.4. The van der Waals surface area contributed by atoms with Gasteiger partial charge in [-0.25, -0.2) is 4.57 Å². The van der Waals surface area contributed by atoms with Crippen molar-refractivity contribution >= 4 is 43.6 Å². The summed E-state index contributed by atoms with van der Waals surface area (Å²) in [7, 11) is -4.18. The van der Waals surface area contributed by atoms with Crippen molar-refractivity contribution in [3.63, 3.8) is 0 Å². The number of aliphatic hydroxyl groups is 1. The third kappa shape index (κ3) is 7.45. The smallest absolute Gasteiger partial charge is 0.459 e. The van der Waals surface area contributed by atoms with E-state index in [1.165, 1.54) is 6.92 Å². The van der Waals surface area contributed by atoms with Crippen LogP contribution in [-0.2, 0) is 23.4 Å². The Morgan fingerprint density at radius 1 is 1.38 bits per heavy atom. The number of hydrogen-bond acceptors (Lipinski definition) is 11. The maximum absolute atomic E-state index is 13.7. The molecular weight excluding hydrogens is 539 g/mol. The predicted molar refractivity (Wildman–Crippen MR) is 142 cm³/mol. The molecular formula is C23H31N4O7PS2. The summed E-state index contributed by atoms with van der Waals surface area (Å²) in [5.74, 6) is -1.38. The highest BCUT2D eigenvalue weighted by Crippen LogP contribution is 2.46. The fraction of sp³-hybridized carbons (Fsp3) is 0.522. The molecule has 1 aromatic carbocycles. The molecule has 3 N–H and O–H groups in total. The SMILES string of the molecule is CC1=CN([C@H]2O[C@@H](COP(=O)(N[C@@H](C)C(=O)OC(C)C)Oc3ccccc3)[C@@H](O)C2C#N)C(S)NC1=S. The first-order valence-electron chi connectivity index (χ1n) is 11.6. The standard InChI is InChI=1S/C23H31N4O7PS2/c1-13(2)32-22(29)15(4)26-35(30,34-16-8-6-5-7-9-16)31-12-18-19(28)17(10-24)21(33-18)27-11-14(3)20(36)25-23(27)37/h5-9,11,13,15,17-19,21,23,28,37H,12H2,1-4H3,(H,25,36)(H,26,30)/t15-,17?,18-,19-,21-,23?,35?/m0/s1. The lowest BCUT2D eigenvalue weighted by molar-refractivity contribution is -0.149. The zero-order valence-corrected chi connectivity index (χ0v) is 23.4. The second kappa shape index (κ2) is 12.6. The summed E-state index contributed by atoms with van der Waals surface area (Å²) in [4.78, 5) is 14.5. The lowest BCUT2D eigenvalue weighted by atomic mass is 10.0. The number of thiol groups is 1. The van der Waals surface area contributed by atoms with Crippen LogP contribution in [0.15, 0.2) is 42.1 Å². The van der Waals surface area contributed by atoms with Gasteiger partial charge in [0.25, 0.3) is 0 Å². The Morgan fingerprint density at radius 2 is 2.05 bits per heavy atom. The number of aliphatic hydroxyl groups excluding tert-OH is 1. The molecule has 2 aliphatic heterocycles. The molecule has 1 aromatic rings. The molecule has 2 aliphatic rings. The van der Waals surface area contributed by atoms with Crippen molar-refractivity contribution in [2.45, 2.75) is 63.8 Å². The van der Waals surface area contributed by atoms with Gasteiger partial charge in [-0.3, -0.25) is 9.32 Å². The minimum Gasteiger partial charge on any atom is -0.462 e. The minimum atomic E-state index is -4.18. The summed E-state index contributed by atoms with van der Waals surface area (Å²) in [6.45, 7) is 6.24. The Hall–Kier alpha value is -2.17. The summed E-state index contributed by atoms with van der Waals surface area (Å²) in [5.41, 5.74) is 0.146. The van der Waals surface area contributed by atoms with Gasteiger partial charge in [-0.05, 0) is 45.4 Å². The quantitative estimate of drug-likeness (QED) is 0.142. The first-order valence-corrected chi connectivity index (χ1v) is 14.1. The molecule has 1 fully saturated rings. The summed E-state index contributed by atoms with van der Waals surface area (Å²) in [6.07, 6.45) is -1.87. The van der Waals surface area contributed by atoms with E-state index in [-0.39, 0.29) is 11.9 Å². The zero-order valence-electron chi connectivity index (χ0n) is 20.8. The number of para-hydroxylation sites is 1. The molecule has 2 heterocycles. The van der Waals surface area contributed by atoms with Crippen molar-refractivity contribution in [3.8, 4) is 11.8 Å². The van der Waals surface area contributed by atoms with E-state index < -0.39 is 56.2 Å². The Kier molecular flexibility index (Phi) is 9.99. The monoisotopic (exact) mass is 570 g/mol. The van der Waals surface area contributed by atoms with Crippen LogP contribution in [0.5, 0.6) is 5.75 Å². The molecule has 37 heavy (non-hydrogen) atoms. The predicted octanol–water partition coefficient (Wildman–Crippen LogP) is 2.70. The molecule has 7 atom stereocenters. The molecule has 11 nitrogen and oxygen atoms in total. The van der Waals surface area contributed by atoms with Crippen molar-refractivity contribution < 1.29 is 33.0 Å². The fourth-order valence-corrected chi connectivity index (χ4v) is 5.74. The van der Waals surface area contributed by atoms with Crippen molar-refractivity contribution in [2.24, 2.45) is 5.92 Å². The molecule has 0 aromatic heterocycles. The topological polar surface area (TPSA) is 142 Å². The highest BCUT2D eigenvalue weighted by molar-refractivity contribution is 7.82. The minimum absolute atomic E-state index is 0.234. The van der Waals surface area contributed by atoms with Crippen LogP contribution in [0.25, 0.3) is 0 Å². The van der Waals surface area contributed by atoms with Crippen LogP contribution >= 0.6 is 32.6 Å². The number of ether oxygens (including phenoxy) is 2. The van der Waals surface area contributed by atoms with Gasteiger partial charge >= 0.3 is 13.7 Å². The molecule has 0 spiro atoms. The van der Waals surface area contributed by atoms with Crippen LogP contribution in [0.3, 0.4) is 0 Å². The summed E-state index contributed by atoms with van der Waals surface area (Å²) < 4.78 is 36.1. The molecule has 0 bridgehead atoms. The van der Waals surface area contributed by atoms with Crippen molar-refractivity contribution in [1.82, 2.24) is 15.3 Å².